The van der Waals surface area contributed by atoms with Crippen LogP contribution in [0.4, 0.5) is 22.0 Å². The lowest BCUT2D eigenvalue weighted by Crippen LogP contribution is -2.03. The van der Waals surface area contributed by atoms with Gasteiger partial charge in [-0.05, 0) is 84.0 Å². The monoisotopic (exact) mass is 518 g/mol. The second-order valence-corrected chi connectivity index (χ2v) is 9.13. The maximum absolute atomic E-state index is 15.1. The van der Waals surface area contributed by atoms with E-state index < -0.39 is 34.1 Å². The van der Waals surface area contributed by atoms with Crippen LogP contribution < -0.4 is 0 Å². The summed E-state index contributed by atoms with van der Waals surface area (Å²) in [6.45, 7) is 0.381. The van der Waals surface area contributed by atoms with Crippen molar-refractivity contribution in [3.05, 3.63) is 117 Å². The molecule has 4 aromatic carbocycles. The molecule has 0 saturated heterocycles. The van der Waals surface area contributed by atoms with Gasteiger partial charge in [-0.15, -0.1) is 0 Å². The van der Waals surface area contributed by atoms with E-state index in [-0.39, 0.29) is 24.8 Å². The number of fused-ring (bicyclic) bond motifs is 1. The molecule has 1 nitrogen and oxygen atoms in total. The Kier molecular flexibility index (Phi) is 8.27. The van der Waals surface area contributed by atoms with Crippen LogP contribution in [0.1, 0.15) is 27.8 Å². The van der Waals surface area contributed by atoms with Crippen LogP contribution in [0.15, 0.2) is 54.6 Å². The molecule has 0 atom stereocenters. The van der Waals surface area contributed by atoms with E-state index in [1.54, 1.807) is 30.3 Å². The quantitative estimate of drug-likeness (QED) is 0.161. The van der Waals surface area contributed by atoms with Crippen LogP contribution in [0.2, 0.25) is 5.02 Å². The molecule has 0 fully saturated rings. The fourth-order valence-electron chi connectivity index (χ4n) is 4.29. The highest BCUT2D eigenvalue weighted by Crippen LogP contribution is 2.26. The fourth-order valence-corrected chi connectivity index (χ4v) is 4.40. The summed E-state index contributed by atoms with van der Waals surface area (Å²) in [6, 6.07) is 13.6. The van der Waals surface area contributed by atoms with E-state index in [4.69, 9.17) is 16.3 Å². The van der Waals surface area contributed by atoms with Crippen molar-refractivity contribution in [2.75, 3.05) is 13.7 Å². The first-order valence-corrected chi connectivity index (χ1v) is 11.9. The van der Waals surface area contributed by atoms with Gasteiger partial charge in [-0.25, -0.2) is 22.0 Å². The average Bonchev–Trinajstić information content (AvgIpc) is 2.85. The van der Waals surface area contributed by atoms with Crippen molar-refractivity contribution < 1.29 is 26.7 Å². The molecular formula is C29H24ClF5O. The van der Waals surface area contributed by atoms with Gasteiger partial charge < -0.3 is 4.74 Å². The zero-order valence-corrected chi connectivity index (χ0v) is 20.4. The predicted molar refractivity (Wildman–Crippen MR) is 132 cm³/mol. The molecule has 0 unspecified atom stereocenters. The molecular weight excluding hydrogens is 495 g/mol. The minimum absolute atomic E-state index is 0.0212. The lowest BCUT2D eigenvalue weighted by atomic mass is 9.96. The smallest absolute Gasteiger partial charge is 0.145 e. The minimum atomic E-state index is -0.847. The lowest BCUT2D eigenvalue weighted by molar-refractivity contribution is 0.202. The molecule has 0 aromatic heterocycles. The molecule has 188 valence electrons. The molecule has 36 heavy (non-hydrogen) atoms. The van der Waals surface area contributed by atoms with E-state index in [0.717, 1.165) is 17.7 Å². The van der Waals surface area contributed by atoms with Crippen LogP contribution in [0.3, 0.4) is 0 Å². The summed E-state index contributed by atoms with van der Waals surface area (Å²) in [5, 5.41) is 0.508. The highest BCUT2D eigenvalue weighted by Gasteiger charge is 2.14. The SMILES string of the molecule is COCCc1cc(F)c(CCc2ccc3c(F)c(CCc4cc(F)c(Cl)c(F)c4)ccc3c2)c(F)c1. The molecule has 0 amide bonds. The number of benzene rings is 4. The Balaban J connectivity index is 1.46. The van der Waals surface area contributed by atoms with Crippen LogP contribution >= 0.6 is 11.6 Å². The summed E-state index contributed by atoms with van der Waals surface area (Å²) in [6.07, 6.45) is 1.48. The molecule has 0 saturated carbocycles. The van der Waals surface area contributed by atoms with Gasteiger partial charge in [0.2, 0.25) is 0 Å². The maximum Gasteiger partial charge on any atom is 0.145 e. The van der Waals surface area contributed by atoms with E-state index in [0.29, 0.717) is 46.9 Å². The van der Waals surface area contributed by atoms with Gasteiger partial charge >= 0.3 is 0 Å². The number of halogens is 6. The van der Waals surface area contributed by atoms with Crippen molar-refractivity contribution in [3.8, 4) is 0 Å². The molecule has 0 heterocycles. The van der Waals surface area contributed by atoms with Crippen LogP contribution in [-0.2, 0) is 36.8 Å². The van der Waals surface area contributed by atoms with Gasteiger partial charge in [-0.1, -0.05) is 41.9 Å². The standard InChI is InChI=1S/C29H24ClF5O/c1-36-11-10-19-13-24(31)23(25(32)14-19)9-4-17-3-8-22-21(12-17)7-6-20(29(22)35)5-2-18-15-26(33)28(30)27(34)16-18/h3,6-8,12-16H,2,4-5,9-11H2,1H3. The van der Waals surface area contributed by atoms with Gasteiger partial charge in [0.05, 0.1) is 6.61 Å². The zero-order chi connectivity index (χ0) is 25.8. The van der Waals surface area contributed by atoms with Crippen LogP contribution in [0.25, 0.3) is 10.8 Å². The third kappa shape index (κ3) is 5.88. The Labute approximate surface area is 211 Å². The van der Waals surface area contributed by atoms with Crippen molar-refractivity contribution in [1.29, 1.82) is 0 Å². The number of ether oxygens (including phenoxy) is 1. The van der Waals surface area contributed by atoms with Crippen LogP contribution in [0.5, 0.6) is 0 Å². The van der Waals surface area contributed by atoms with Gasteiger partial charge in [0.25, 0.3) is 0 Å². The third-order valence-corrected chi connectivity index (χ3v) is 6.65. The molecule has 0 aliphatic heterocycles. The summed E-state index contributed by atoms with van der Waals surface area (Å²) < 4.78 is 76.4. The topological polar surface area (TPSA) is 9.23 Å². The van der Waals surface area contributed by atoms with E-state index >= 15 is 4.39 Å². The summed E-state index contributed by atoms with van der Waals surface area (Å²) in [4.78, 5) is 0. The van der Waals surface area contributed by atoms with Crippen molar-refractivity contribution in [2.24, 2.45) is 0 Å². The summed E-state index contributed by atoms with van der Waals surface area (Å²) >= 11 is 5.51. The highest BCUT2D eigenvalue weighted by molar-refractivity contribution is 6.30. The summed E-state index contributed by atoms with van der Waals surface area (Å²) in [7, 11) is 1.53. The van der Waals surface area contributed by atoms with E-state index in [1.807, 2.05) is 0 Å². The van der Waals surface area contributed by atoms with Crippen LogP contribution in [-0.4, -0.2) is 13.7 Å². The summed E-state index contributed by atoms with van der Waals surface area (Å²) in [5.74, 6) is -3.27. The third-order valence-electron chi connectivity index (χ3n) is 6.28. The normalized spacial score (nSPS) is 11.4. The molecule has 0 bridgehead atoms. The molecule has 0 radical (unpaired) electrons. The van der Waals surface area contributed by atoms with Gasteiger partial charge in [-0.2, -0.15) is 0 Å². The number of methoxy groups -OCH3 is 1. The number of hydrogen-bond acceptors (Lipinski definition) is 1. The first-order valence-electron chi connectivity index (χ1n) is 11.6. The zero-order valence-electron chi connectivity index (χ0n) is 19.6. The van der Waals surface area contributed by atoms with Crippen molar-refractivity contribution in [2.45, 2.75) is 32.1 Å². The Morgan fingerprint density at radius 1 is 0.639 bits per heavy atom. The fraction of sp³-hybridized carbons (Fsp3) is 0.241. The number of aryl methyl sites for hydroxylation is 3. The van der Waals surface area contributed by atoms with E-state index in [1.165, 1.54) is 19.2 Å². The van der Waals surface area contributed by atoms with Gasteiger partial charge in [0, 0.05) is 18.1 Å². The minimum Gasteiger partial charge on any atom is -0.384 e. The van der Waals surface area contributed by atoms with Crippen molar-refractivity contribution >= 4 is 22.4 Å². The first kappa shape index (κ1) is 26.1. The summed E-state index contributed by atoms with van der Waals surface area (Å²) in [5.41, 5.74) is 2.19. The predicted octanol–water partition coefficient (Wildman–Crippen LogP) is 7.95. The van der Waals surface area contributed by atoms with Gasteiger partial charge in [0.1, 0.15) is 34.1 Å². The molecule has 4 rings (SSSR count). The van der Waals surface area contributed by atoms with Gasteiger partial charge in [-0.3, -0.25) is 0 Å². The van der Waals surface area contributed by atoms with Crippen molar-refractivity contribution in [1.82, 2.24) is 0 Å². The van der Waals surface area contributed by atoms with E-state index in [9.17, 15) is 17.6 Å². The average molecular weight is 519 g/mol. The number of rotatable bonds is 9. The molecule has 0 aliphatic carbocycles. The molecule has 7 heteroatoms. The highest BCUT2D eigenvalue weighted by atomic mass is 35.5. The first-order chi connectivity index (χ1) is 17.3. The molecule has 0 N–H and O–H groups in total. The molecule has 0 spiro atoms. The Morgan fingerprint density at radius 2 is 1.25 bits per heavy atom. The molecule has 4 aromatic rings. The second-order valence-electron chi connectivity index (χ2n) is 8.75. The Bertz CT molecular complexity index is 1360. The number of hydrogen-bond donors (Lipinski definition) is 0. The second kappa shape index (κ2) is 11.4. The Morgan fingerprint density at radius 3 is 1.92 bits per heavy atom. The maximum atomic E-state index is 15.1. The Hall–Kier alpha value is -2.96. The largest absolute Gasteiger partial charge is 0.384 e. The molecule has 0 aliphatic rings. The van der Waals surface area contributed by atoms with Crippen molar-refractivity contribution in [3.63, 3.8) is 0 Å². The van der Waals surface area contributed by atoms with E-state index in [2.05, 4.69) is 0 Å². The van der Waals surface area contributed by atoms with Gasteiger partial charge in [0.15, 0.2) is 0 Å². The lowest BCUT2D eigenvalue weighted by Gasteiger charge is -2.11. The van der Waals surface area contributed by atoms with Crippen LogP contribution in [0, 0.1) is 29.1 Å².